The second-order valence-electron chi connectivity index (χ2n) is 6.74. The van der Waals surface area contributed by atoms with Gasteiger partial charge in [0.2, 0.25) is 5.91 Å². The molecule has 0 heterocycles. The third-order valence-corrected chi connectivity index (χ3v) is 4.42. The zero-order valence-electron chi connectivity index (χ0n) is 17.0. The molecule has 0 bridgehead atoms. The maximum atomic E-state index is 12.8. The molecule has 9 heteroatoms. The van der Waals surface area contributed by atoms with E-state index in [2.05, 4.69) is 16.0 Å². The van der Waals surface area contributed by atoms with Crippen LogP contribution in [0.5, 0.6) is 5.75 Å². The third-order valence-electron chi connectivity index (χ3n) is 4.42. The average Bonchev–Trinajstić information content (AvgIpc) is 2.78. The van der Waals surface area contributed by atoms with Gasteiger partial charge in [-0.25, -0.2) is 0 Å². The normalized spacial score (nSPS) is 10.9. The number of nitrogens with one attached hydrogen (secondary N) is 3. The number of rotatable bonds is 7. The number of benzene rings is 3. The number of carbonyl (C=O) groups is 2. The fourth-order valence-electron chi connectivity index (χ4n) is 2.78. The van der Waals surface area contributed by atoms with Crippen molar-refractivity contribution in [2.45, 2.75) is 6.18 Å². The quantitative estimate of drug-likeness (QED) is 0.479. The van der Waals surface area contributed by atoms with E-state index in [0.717, 1.165) is 12.1 Å². The molecule has 0 fully saturated rings. The molecule has 0 aliphatic heterocycles. The highest BCUT2D eigenvalue weighted by Crippen LogP contribution is 2.30. The molecular formula is C23H20F3N3O3. The summed E-state index contributed by atoms with van der Waals surface area (Å²) >= 11 is 0. The third kappa shape index (κ3) is 6.24. The van der Waals surface area contributed by atoms with Gasteiger partial charge in [-0.1, -0.05) is 6.07 Å². The lowest BCUT2D eigenvalue weighted by atomic mass is 10.2. The van der Waals surface area contributed by atoms with Crippen LogP contribution >= 0.6 is 0 Å². The number of halogens is 3. The fourth-order valence-corrected chi connectivity index (χ4v) is 2.78. The van der Waals surface area contributed by atoms with Gasteiger partial charge in [0.05, 0.1) is 19.2 Å². The van der Waals surface area contributed by atoms with Gasteiger partial charge in [0.1, 0.15) is 5.75 Å². The minimum Gasteiger partial charge on any atom is -0.497 e. The zero-order chi connectivity index (χ0) is 23.1. The summed E-state index contributed by atoms with van der Waals surface area (Å²) in [5.41, 5.74) is 0.818. The van der Waals surface area contributed by atoms with Gasteiger partial charge in [-0.15, -0.1) is 0 Å². The number of ether oxygens (including phenoxy) is 1. The number of methoxy groups -OCH3 is 1. The number of hydrogen-bond acceptors (Lipinski definition) is 4. The average molecular weight is 443 g/mol. The molecule has 0 spiro atoms. The Morgan fingerprint density at radius 2 is 1.50 bits per heavy atom. The monoisotopic (exact) mass is 443 g/mol. The Bertz CT molecular complexity index is 1080. The minimum absolute atomic E-state index is 0.0529. The molecule has 32 heavy (non-hydrogen) atoms. The van der Waals surface area contributed by atoms with Crippen molar-refractivity contribution >= 4 is 28.9 Å². The van der Waals surface area contributed by atoms with E-state index in [0.29, 0.717) is 22.7 Å². The lowest BCUT2D eigenvalue weighted by Gasteiger charge is -2.11. The van der Waals surface area contributed by atoms with Gasteiger partial charge >= 0.3 is 6.18 Å². The summed E-state index contributed by atoms with van der Waals surface area (Å²) in [6.07, 6.45) is -4.49. The minimum atomic E-state index is -4.49. The van der Waals surface area contributed by atoms with Gasteiger partial charge in [0.25, 0.3) is 5.91 Å². The molecule has 0 aliphatic rings. The van der Waals surface area contributed by atoms with Crippen LogP contribution in [-0.2, 0) is 11.0 Å². The van der Waals surface area contributed by atoms with E-state index in [4.69, 9.17) is 4.74 Å². The molecule has 3 aromatic rings. The van der Waals surface area contributed by atoms with E-state index >= 15 is 0 Å². The van der Waals surface area contributed by atoms with E-state index in [9.17, 15) is 22.8 Å². The molecule has 3 aromatic carbocycles. The molecule has 3 N–H and O–H groups in total. The summed E-state index contributed by atoms with van der Waals surface area (Å²) in [5.74, 6) is -0.134. The number of hydrogen-bond donors (Lipinski definition) is 3. The van der Waals surface area contributed by atoms with Gasteiger partial charge in [0, 0.05) is 22.6 Å². The lowest BCUT2D eigenvalue weighted by molar-refractivity contribution is -0.137. The molecule has 3 rings (SSSR count). The van der Waals surface area contributed by atoms with Gasteiger partial charge in [-0.05, 0) is 66.7 Å². The number of carbonyl (C=O) groups excluding carboxylic acids is 2. The van der Waals surface area contributed by atoms with Crippen molar-refractivity contribution in [1.29, 1.82) is 0 Å². The highest BCUT2D eigenvalue weighted by Gasteiger charge is 2.30. The predicted octanol–water partition coefficient (Wildman–Crippen LogP) is 5.02. The number of amides is 2. The van der Waals surface area contributed by atoms with Gasteiger partial charge in [-0.2, -0.15) is 13.2 Å². The Labute approximate surface area is 182 Å². The Balaban J connectivity index is 1.52. The molecule has 0 unspecified atom stereocenters. The van der Waals surface area contributed by atoms with Gasteiger partial charge in [-0.3, -0.25) is 9.59 Å². The molecule has 0 radical (unpaired) electrons. The molecule has 6 nitrogen and oxygen atoms in total. The standard InChI is InChI=1S/C23H20F3N3O3/c1-32-20-11-9-18(10-12-20)29-22(31)15-5-7-17(8-6-15)27-14-21(30)28-19-4-2-3-16(13-19)23(24,25)26/h2-13,27H,14H2,1H3,(H,28,30)(H,29,31). The first-order valence-corrected chi connectivity index (χ1v) is 9.51. The molecular weight excluding hydrogens is 423 g/mol. The lowest BCUT2D eigenvalue weighted by Crippen LogP contribution is -2.22. The second-order valence-corrected chi connectivity index (χ2v) is 6.74. The first kappa shape index (κ1) is 22.7. The summed E-state index contributed by atoms with van der Waals surface area (Å²) in [4.78, 5) is 24.4. The van der Waals surface area contributed by atoms with E-state index in [-0.39, 0.29) is 18.1 Å². The van der Waals surface area contributed by atoms with Gasteiger partial charge in [0.15, 0.2) is 0 Å². The Morgan fingerprint density at radius 3 is 2.12 bits per heavy atom. The fraction of sp³-hybridized carbons (Fsp3) is 0.130. The smallest absolute Gasteiger partial charge is 0.416 e. The Hall–Kier alpha value is -4.01. The van der Waals surface area contributed by atoms with Crippen LogP contribution in [0.2, 0.25) is 0 Å². The molecule has 166 valence electrons. The van der Waals surface area contributed by atoms with E-state index in [1.807, 2.05) is 0 Å². The highest BCUT2D eigenvalue weighted by molar-refractivity contribution is 6.04. The van der Waals surface area contributed by atoms with Crippen molar-refractivity contribution in [2.24, 2.45) is 0 Å². The van der Waals surface area contributed by atoms with Crippen molar-refractivity contribution < 1.29 is 27.5 Å². The summed E-state index contributed by atoms with van der Waals surface area (Å²) in [6.45, 7) is -0.159. The molecule has 2 amide bonds. The topological polar surface area (TPSA) is 79.5 Å². The maximum absolute atomic E-state index is 12.8. The van der Waals surface area contributed by atoms with E-state index in [1.165, 1.54) is 12.1 Å². The zero-order valence-corrected chi connectivity index (χ0v) is 17.0. The van der Waals surface area contributed by atoms with Crippen LogP contribution in [0.25, 0.3) is 0 Å². The number of alkyl halides is 3. The molecule has 0 aliphatic carbocycles. The molecule has 0 atom stereocenters. The van der Waals surface area contributed by atoms with Crippen molar-refractivity contribution in [3.05, 3.63) is 83.9 Å². The maximum Gasteiger partial charge on any atom is 0.416 e. The summed E-state index contributed by atoms with van der Waals surface area (Å²) < 4.78 is 43.3. The predicted molar refractivity (Wildman–Crippen MR) is 116 cm³/mol. The second kappa shape index (κ2) is 9.86. The Morgan fingerprint density at radius 1 is 0.844 bits per heavy atom. The van der Waals surface area contributed by atoms with Crippen LogP contribution in [0.4, 0.5) is 30.2 Å². The van der Waals surface area contributed by atoms with Crippen molar-refractivity contribution in [2.75, 3.05) is 29.6 Å². The van der Waals surface area contributed by atoms with Crippen LogP contribution < -0.4 is 20.7 Å². The number of anilines is 3. The Kier molecular flexibility index (Phi) is 6.99. The van der Waals surface area contributed by atoms with E-state index in [1.54, 1.807) is 55.6 Å². The molecule has 0 saturated heterocycles. The molecule has 0 aromatic heterocycles. The van der Waals surface area contributed by atoms with Crippen LogP contribution in [0.1, 0.15) is 15.9 Å². The first-order valence-electron chi connectivity index (χ1n) is 9.51. The van der Waals surface area contributed by atoms with Crippen LogP contribution in [0, 0.1) is 0 Å². The van der Waals surface area contributed by atoms with E-state index < -0.39 is 17.6 Å². The highest BCUT2D eigenvalue weighted by atomic mass is 19.4. The van der Waals surface area contributed by atoms with Crippen LogP contribution in [-0.4, -0.2) is 25.5 Å². The summed E-state index contributed by atoms with van der Waals surface area (Å²) in [6, 6.07) is 17.7. The van der Waals surface area contributed by atoms with Gasteiger partial charge < -0.3 is 20.7 Å². The SMILES string of the molecule is COc1ccc(NC(=O)c2ccc(NCC(=O)Nc3cccc(C(F)(F)F)c3)cc2)cc1. The summed E-state index contributed by atoms with van der Waals surface area (Å²) in [7, 11) is 1.55. The first-order chi connectivity index (χ1) is 15.2. The van der Waals surface area contributed by atoms with Crippen molar-refractivity contribution in [3.63, 3.8) is 0 Å². The van der Waals surface area contributed by atoms with Crippen LogP contribution in [0.3, 0.4) is 0 Å². The van der Waals surface area contributed by atoms with Crippen LogP contribution in [0.15, 0.2) is 72.8 Å². The van der Waals surface area contributed by atoms with Crippen molar-refractivity contribution in [1.82, 2.24) is 0 Å². The molecule has 0 saturated carbocycles. The largest absolute Gasteiger partial charge is 0.497 e. The van der Waals surface area contributed by atoms with Crippen molar-refractivity contribution in [3.8, 4) is 5.75 Å². The summed E-state index contributed by atoms with van der Waals surface area (Å²) in [5, 5.41) is 8.04.